The predicted octanol–water partition coefficient (Wildman–Crippen LogP) is 3.32. The van der Waals surface area contributed by atoms with E-state index in [9.17, 15) is 0 Å². The summed E-state index contributed by atoms with van der Waals surface area (Å²) in [5.41, 5.74) is 2.14. The third-order valence-electron chi connectivity index (χ3n) is 2.82. The highest BCUT2D eigenvalue weighted by molar-refractivity contribution is 5.82. The van der Waals surface area contributed by atoms with E-state index in [0.717, 1.165) is 24.5 Å². The summed E-state index contributed by atoms with van der Waals surface area (Å²) >= 11 is 0. The molecule has 3 heteroatoms. The lowest BCUT2D eigenvalue weighted by atomic mass is 10.1. The number of furan rings is 1. The number of fused-ring (bicyclic) bond motifs is 1. The molecule has 98 valence electrons. The number of para-hydroxylation sites is 1. The molecular weight excluding hydrogens is 226 g/mol. The second-order valence-corrected chi connectivity index (χ2v) is 4.94. The topological polar surface area (TPSA) is 34.4 Å². The van der Waals surface area contributed by atoms with Gasteiger partial charge in [-0.15, -0.1) is 0 Å². The van der Waals surface area contributed by atoms with Crippen LogP contribution in [0, 0.1) is 5.92 Å². The summed E-state index contributed by atoms with van der Waals surface area (Å²) in [6.45, 7) is 6.40. The van der Waals surface area contributed by atoms with Gasteiger partial charge in [-0.3, -0.25) is 0 Å². The van der Waals surface area contributed by atoms with Gasteiger partial charge < -0.3 is 14.5 Å². The van der Waals surface area contributed by atoms with E-state index in [0.29, 0.717) is 12.5 Å². The van der Waals surface area contributed by atoms with Gasteiger partial charge in [0.25, 0.3) is 0 Å². The van der Waals surface area contributed by atoms with Crippen LogP contribution in [0.3, 0.4) is 0 Å². The normalized spacial score (nSPS) is 11.6. The van der Waals surface area contributed by atoms with Crippen molar-refractivity contribution in [3.05, 3.63) is 35.6 Å². The molecule has 0 radical (unpaired) electrons. The van der Waals surface area contributed by atoms with Crippen LogP contribution in [0.2, 0.25) is 0 Å². The molecule has 0 saturated carbocycles. The summed E-state index contributed by atoms with van der Waals surface area (Å²) in [4.78, 5) is 0. The zero-order valence-electron chi connectivity index (χ0n) is 11.3. The smallest absolute Gasteiger partial charge is 0.135 e. The first kappa shape index (κ1) is 13.1. The van der Waals surface area contributed by atoms with Crippen LogP contribution in [0.15, 0.2) is 28.7 Å². The Morgan fingerprint density at radius 1 is 1.28 bits per heavy atom. The molecule has 0 aliphatic rings. The van der Waals surface area contributed by atoms with Crippen molar-refractivity contribution in [2.75, 3.05) is 13.7 Å². The van der Waals surface area contributed by atoms with E-state index in [1.807, 2.05) is 25.2 Å². The van der Waals surface area contributed by atoms with Gasteiger partial charge in [0.1, 0.15) is 18.0 Å². The van der Waals surface area contributed by atoms with Crippen LogP contribution < -0.4 is 5.32 Å². The summed E-state index contributed by atoms with van der Waals surface area (Å²) in [7, 11) is 1.94. The van der Waals surface area contributed by atoms with Crippen molar-refractivity contribution >= 4 is 11.0 Å². The molecule has 2 aromatic rings. The van der Waals surface area contributed by atoms with Gasteiger partial charge in [-0.2, -0.15) is 0 Å². The van der Waals surface area contributed by atoms with Gasteiger partial charge >= 0.3 is 0 Å². The second-order valence-electron chi connectivity index (χ2n) is 4.94. The highest BCUT2D eigenvalue weighted by Crippen LogP contribution is 2.26. The molecule has 0 bridgehead atoms. The van der Waals surface area contributed by atoms with E-state index in [2.05, 4.69) is 25.2 Å². The number of benzene rings is 1. The Balaban J connectivity index is 2.22. The summed E-state index contributed by atoms with van der Waals surface area (Å²) in [6.07, 6.45) is 0. The molecule has 18 heavy (non-hydrogen) atoms. The molecule has 0 aliphatic heterocycles. The number of hydrogen-bond donors (Lipinski definition) is 1. The lowest BCUT2D eigenvalue weighted by Crippen LogP contribution is -2.08. The molecule has 0 aliphatic carbocycles. The van der Waals surface area contributed by atoms with Crippen molar-refractivity contribution in [3.8, 4) is 0 Å². The Hall–Kier alpha value is -1.32. The maximum Gasteiger partial charge on any atom is 0.135 e. The summed E-state index contributed by atoms with van der Waals surface area (Å²) in [5, 5.41) is 4.36. The zero-order valence-corrected chi connectivity index (χ0v) is 11.3. The van der Waals surface area contributed by atoms with Crippen LogP contribution in [0.25, 0.3) is 11.0 Å². The van der Waals surface area contributed by atoms with Crippen molar-refractivity contribution in [1.82, 2.24) is 5.32 Å². The van der Waals surface area contributed by atoms with Crippen LogP contribution in [0.1, 0.15) is 25.2 Å². The minimum Gasteiger partial charge on any atom is -0.458 e. The third-order valence-corrected chi connectivity index (χ3v) is 2.82. The first-order chi connectivity index (χ1) is 8.72. The van der Waals surface area contributed by atoms with Crippen LogP contribution in [-0.4, -0.2) is 13.7 Å². The molecule has 3 nitrogen and oxygen atoms in total. The fourth-order valence-electron chi connectivity index (χ4n) is 2.02. The second kappa shape index (κ2) is 6.03. The predicted molar refractivity (Wildman–Crippen MR) is 73.5 cm³/mol. The Kier molecular flexibility index (Phi) is 4.39. The molecule has 1 heterocycles. The van der Waals surface area contributed by atoms with E-state index >= 15 is 0 Å². The summed E-state index contributed by atoms with van der Waals surface area (Å²) < 4.78 is 11.5. The molecule has 0 spiro atoms. The Morgan fingerprint density at radius 3 is 2.78 bits per heavy atom. The van der Waals surface area contributed by atoms with Crippen LogP contribution >= 0.6 is 0 Å². The number of rotatable bonds is 6. The monoisotopic (exact) mass is 247 g/mol. The number of nitrogens with one attached hydrogen (secondary N) is 1. The fourth-order valence-corrected chi connectivity index (χ4v) is 2.02. The van der Waals surface area contributed by atoms with Gasteiger partial charge in [-0.25, -0.2) is 0 Å². The maximum absolute atomic E-state index is 5.87. The van der Waals surface area contributed by atoms with Crippen LogP contribution in [0.4, 0.5) is 0 Å². The highest BCUT2D eigenvalue weighted by atomic mass is 16.5. The molecule has 0 amide bonds. The molecule has 0 saturated heterocycles. The van der Waals surface area contributed by atoms with Gasteiger partial charge in [0, 0.05) is 24.1 Å². The molecule has 1 aromatic carbocycles. The third kappa shape index (κ3) is 2.92. The largest absolute Gasteiger partial charge is 0.458 e. The van der Waals surface area contributed by atoms with Crippen molar-refractivity contribution in [2.45, 2.75) is 27.0 Å². The van der Waals surface area contributed by atoms with Crippen molar-refractivity contribution in [1.29, 1.82) is 0 Å². The summed E-state index contributed by atoms with van der Waals surface area (Å²) in [5.74, 6) is 1.48. The molecular formula is C15H21NO2. The minimum absolute atomic E-state index is 0.544. The Bertz CT molecular complexity index is 502. The van der Waals surface area contributed by atoms with Gasteiger partial charge in [-0.1, -0.05) is 32.0 Å². The van der Waals surface area contributed by atoms with E-state index < -0.39 is 0 Å². The highest BCUT2D eigenvalue weighted by Gasteiger charge is 2.13. The van der Waals surface area contributed by atoms with Gasteiger partial charge in [0.15, 0.2) is 0 Å². The maximum atomic E-state index is 5.87. The quantitative estimate of drug-likeness (QED) is 0.850. The van der Waals surface area contributed by atoms with E-state index in [-0.39, 0.29) is 0 Å². The molecule has 0 unspecified atom stereocenters. The molecule has 2 rings (SSSR count). The average Bonchev–Trinajstić information content (AvgIpc) is 2.68. The van der Waals surface area contributed by atoms with Crippen LogP contribution in [0.5, 0.6) is 0 Å². The van der Waals surface area contributed by atoms with Crippen molar-refractivity contribution in [2.24, 2.45) is 5.92 Å². The zero-order chi connectivity index (χ0) is 13.0. The SMILES string of the molecule is CNCc1c(COCC(C)C)oc2ccccc12. The van der Waals surface area contributed by atoms with Gasteiger partial charge in [0.2, 0.25) is 0 Å². The molecule has 1 aromatic heterocycles. The summed E-state index contributed by atoms with van der Waals surface area (Å²) in [6, 6.07) is 8.13. The molecule has 0 atom stereocenters. The van der Waals surface area contributed by atoms with Gasteiger partial charge in [-0.05, 0) is 19.0 Å². The lowest BCUT2D eigenvalue weighted by molar-refractivity contribution is 0.0848. The minimum atomic E-state index is 0.544. The Morgan fingerprint density at radius 2 is 2.06 bits per heavy atom. The van der Waals surface area contributed by atoms with E-state index in [1.54, 1.807) is 0 Å². The lowest BCUT2D eigenvalue weighted by Gasteiger charge is -2.06. The van der Waals surface area contributed by atoms with Crippen LogP contribution in [-0.2, 0) is 17.9 Å². The van der Waals surface area contributed by atoms with E-state index in [4.69, 9.17) is 9.15 Å². The average molecular weight is 247 g/mol. The van der Waals surface area contributed by atoms with Gasteiger partial charge in [0.05, 0.1) is 0 Å². The fraction of sp³-hybridized carbons (Fsp3) is 0.467. The molecule has 1 N–H and O–H groups in total. The first-order valence-electron chi connectivity index (χ1n) is 6.44. The number of hydrogen-bond acceptors (Lipinski definition) is 3. The first-order valence-corrected chi connectivity index (χ1v) is 6.44. The molecule has 0 fully saturated rings. The Labute approximate surface area is 108 Å². The van der Waals surface area contributed by atoms with E-state index in [1.165, 1.54) is 10.9 Å². The standard InChI is InChI=1S/C15H21NO2/c1-11(2)9-17-10-15-13(8-16-3)12-6-4-5-7-14(12)18-15/h4-7,11,16H,8-10H2,1-3H3. The van der Waals surface area contributed by atoms with Crippen molar-refractivity contribution < 1.29 is 9.15 Å². The van der Waals surface area contributed by atoms with Crippen molar-refractivity contribution in [3.63, 3.8) is 0 Å². The number of ether oxygens (including phenoxy) is 1.